The van der Waals surface area contributed by atoms with Gasteiger partial charge in [-0.3, -0.25) is 14.3 Å². The number of aromatic amines is 1. The summed E-state index contributed by atoms with van der Waals surface area (Å²) < 4.78 is 8.02. The van der Waals surface area contributed by atoms with Crippen molar-refractivity contribution in [1.82, 2.24) is 9.55 Å². The van der Waals surface area contributed by atoms with Crippen molar-refractivity contribution >= 4 is 0 Å². The molecule has 2 aliphatic heterocycles. The van der Waals surface area contributed by atoms with E-state index < -0.39 is 0 Å². The average molecular weight is 320 g/mol. The number of rotatable bonds is 0. The van der Waals surface area contributed by atoms with Crippen molar-refractivity contribution in [3.05, 3.63) is 32.1 Å². The van der Waals surface area contributed by atoms with E-state index in [9.17, 15) is 9.59 Å². The Hall–Kier alpha value is -1.36. The van der Waals surface area contributed by atoms with Gasteiger partial charge in [-0.2, -0.15) is 0 Å². The SMILES string of the molecule is Cc1c2n(c(=O)[nH]c1=O)[C@H]1C[C@@H](C(C)(C)C)C(O1)[C@@H]2C(C)(C)C. The van der Waals surface area contributed by atoms with E-state index in [0.717, 1.165) is 12.1 Å². The topological polar surface area (TPSA) is 64.1 Å². The number of aromatic nitrogens is 2. The molecule has 23 heavy (non-hydrogen) atoms. The summed E-state index contributed by atoms with van der Waals surface area (Å²) in [6.45, 7) is 15.0. The molecule has 0 aromatic carbocycles. The molecule has 128 valence electrons. The second-order valence-corrected chi connectivity index (χ2v) is 9.25. The molecule has 1 aromatic heterocycles. The highest BCUT2D eigenvalue weighted by atomic mass is 16.5. The maximum Gasteiger partial charge on any atom is 0.330 e. The lowest BCUT2D eigenvalue weighted by Crippen LogP contribution is -2.47. The third-order valence-corrected chi connectivity index (χ3v) is 5.55. The van der Waals surface area contributed by atoms with Gasteiger partial charge in [-0.05, 0) is 30.1 Å². The van der Waals surface area contributed by atoms with Gasteiger partial charge in [-0.25, -0.2) is 4.79 Å². The molecular weight excluding hydrogens is 292 g/mol. The minimum atomic E-state index is -0.345. The molecule has 0 aliphatic carbocycles. The van der Waals surface area contributed by atoms with Crippen molar-refractivity contribution in [1.29, 1.82) is 0 Å². The second kappa shape index (κ2) is 4.82. The van der Waals surface area contributed by atoms with E-state index in [2.05, 4.69) is 46.5 Å². The number of ether oxygens (including phenoxy) is 1. The monoisotopic (exact) mass is 320 g/mol. The fourth-order valence-corrected chi connectivity index (χ4v) is 4.39. The molecule has 1 aromatic rings. The molecule has 3 rings (SSSR count). The molecule has 5 nitrogen and oxygen atoms in total. The standard InChI is InChI=1S/C18H28N2O3/c1-9-13-12(18(5,6)7)14-10(17(2,3)4)8-11(23-14)20(13)16(22)19-15(9)21/h10-12,14H,8H2,1-7H3,(H,19,21,22)/t10-,11-,12-,14?/m1/s1. The summed E-state index contributed by atoms with van der Waals surface area (Å²) >= 11 is 0. The van der Waals surface area contributed by atoms with Gasteiger partial charge in [0.25, 0.3) is 5.56 Å². The van der Waals surface area contributed by atoms with Crippen LogP contribution in [0.4, 0.5) is 0 Å². The zero-order valence-corrected chi connectivity index (χ0v) is 15.2. The first-order chi connectivity index (χ1) is 10.4. The van der Waals surface area contributed by atoms with Gasteiger partial charge in [-0.15, -0.1) is 0 Å². The Morgan fingerprint density at radius 3 is 2.22 bits per heavy atom. The van der Waals surface area contributed by atoms with Crippen LogP contribution in [0.2, 0.25) is 0 Å². The van der Waals surface area contributed by atoms with Crippen LogP contribution in [0.3, 0.4) is 0 Å². The molecule has 1 fully saturated rings. The molecule has 0 saturated carbocycles. The largest absolute Gasteiger partial charge is 0.354 e. The molecule has 1 unspecified atom stereocenters. The fourth-order valence-electron chi connectivity index (χ4n) is 4.39. The summed E-state index contributed by atoms with van der Waals surface area (Å²) in [6, 6.07) is 0. The van der Waals surface area contributed by atoms with Crippen molar-refractivity contribution in [2.24, 2.45) is 16.7 Å². The van der Waals surface area contributed by atoms with E-state index in [1.165, 1.54) is 0 Å². The number of H-pyrrole nitrogens is 1. The molecule has 5 heteroatoms. The van der Waals surface area contributed by atoms with Gasteiger partial charge in [-0.1, -0.05) is 41.5 Å². The predicted octanol–water partition coefficient (Wildman–Crippen LogP) is 2.94. The predicted molar refractivity (Wildman–Crippen MR) is 89.7 cm³/mol. The van der Waals surface area contributed by atoms with Crippen molar-refractivity contribution in [2.75, 3.05) is 0 Å². The quantitative estimate of drug-likeness (QED) is 0.799. The van der Waals surface area contributed by atoms with Crippen LogP contribution < -0.4 is 11.2 Å². The minimum absolute atomic E-state index is 0.0282. The van der Waals surface area contributed by atoms with Gasteiger partial charge in [0.15, 0.2) is 0 Å². The van der Waals surface area contributed by atoms with Crippen molar-refractivity contribution < 1.29 is 4.74 Å². The zero-order chi connectivity index (χ0) is 17.3. The van der Waals surface area contributed by atoms with E-state index in [1.807, 2.05) is 6.92 Å². The fraction of sp³-hybridized carbons (Fsp3) is 0.778. The van der Waals surface area contributed by atoms with Crippen LogP contribution in [-0.4, -0.2) is 15.7 Å². The Kier molecular flexibility index (Phi) is 3.46. The molecule has 0 radical (unpaired) electrons. The Morgan fingerprint density at radius 2 is 1.70 bits per heavy atom. The molecule has 3 heterocycles. The molecule has 0 amide bonds. The average Bonchev–Trinajstić information content (AvgIpc) is 2.73. The van der Waals surface area contributed by atoms with Crippen LogP contribution in [0.15, 0.2) is 9.59 Å². The lowest BCUT2D eigenvalue weighted by molar-refractivity contribution is -0.0755. The molecule has 4 atom stereocenters. The van der Waals surface area contributed by atoms with Crippen LogP contribution in [0.25, 0.3) is 0 Å². The molecule has 0 spiro atoms. The summed E-state index contributed by atoms with van der Waals surface area (Å²) in [4.78, 5) is 27.1. The highest BCUT2D eigenvalue weighted by Crippen LogP contribution is 2.56. The Balaban J connectivity index is 2.30. The molecule has 2 bridgehead atoms. The summed E-state index contributed by atoms with van der Waals surface area (Å²) in [7, 11) is 0. The van der Waals surface area contributed by atoms with Crippen LogP contribution in [0.1, 0.15) is 71.4 Å². The Bertz CT molecular complexity index is 745. The second-order valence-electron chi connectivity index (χ2n) is 9.25. The smallest absolute Gasteiger partial charge is 0.330 e. The Morgan fingerprint density at radius 1 is 1.09 bits per heavy atom. The summed E-state index contributed by atoms with van der Waals surface area (Å²) in [5.41, 5.74) is 0.895. The first-order valence-corrected chi connectivity index (χ1v) is 8.43. The first kappa shape index (κ1) is 16.5. The zero-order valence-electron chi connectivity index (χ0n) is 15.2. The highest BCUT2D eigenvalue weighted by molar-refractivity contribution is 5.27. The minimum Gasteiger partial charge on any atom is -0.354 e. The van der Waals surface area contributed by atoms with E-state index in [-0.39, 0.29) is 40.3 Å². The third kappa shape index (κ3) is 2.40. The number of nitrogens with one attached hydrogen (secondary N) is 1. The van der Waals surface area contributed by atoms with Crippen LogP contribution in [0.5, 0.6) is 0 Å². The number of nitrogens with zero attached hydrogens (tertiary/aromatic N) is 1. The van der Waals surface area contributed by atoms with Crippen LogP contribution in [-0.2, 0) is 4.74 Å². The summed E-state index contributed by atoms with van der Waals surface area (Å²) in [5, 5.41) is 0. The third-order valence-electron chi connectivity index (χ3n) is 5.55. The molecule has 1 saturated heterocycles. The van der Waals surface area contributed by atoms with Crippen LogP contribution in [0, 0.1) is 23.7 Å². The van der Waals surface area contributed by atoms with Gasteiger partial charge in [0.1, 0.15) is 6.23 Å². The van der Waals surface area contributed by atoms with Gasteiger partial charge < -0.3 is 4.74 Å². The summed E-state index contributed by atoms with van der Waals surface area (Å²) in [5.74, 6) is 0.381. The number of hydrogen-bond donors (Lipinski definition) is 1. The van der Waals surface area contributed by atoms with E-state index in [1.54, 1.807) is 4.57 Å². The summed E-state index contributed by atoms with van der Waals surface area (Å²) in [6.07, 6.45) is 0.597. The van der Waals surface area contributed by atoms with Crippen molar-refractivity contribution in [3.63, 3.8) is 0 Å². The lowest BCUT2D eigenvalue weighted by Gasteiger charge is -2.44. The van der Waals surface area contributed by atoms with Gasteiger partial charge in [0, 0.05) is 17.2 Å². The molecular formula is C18H28N2O3. The molecule has 1 N–H and O–H groups in total. The number of hydrogen-bond acceptors (Lipinski definition) is 3. The van der Waals surface area contributed by atoms with Gasteiger partial charge in [0.2, 0.25) is 0 Å². The maximum absolute atomic E-state index is 12.5. The van der Waals surface area contributed by atoms with Crippen molar-refractivity contribution in [2.45, 2.75) is 73.1 Å². The number of fused-ring (bicyclic) bond motifs is 4. The van der Waals surface area contributed by atoms with E-state index in [4.69, 9.17) is 4.74 Å². The Labute approximate surface area is 137 Å². The molecule has 2 aliphatic rings. The van der Waals surface area contributed by atoms with Crippen molar-refractivity contribution in [3.8, 4) is 0 Å². The normalized spacial score (nSPS) is 30.4. The maximum atomic E-state index is 12.5. The van der Waals surface area contributed by atoms with Crippen LogP contribution >= 0.6 is 0 Å². The first-order valence-electron chi connectivity index (χ1n) is 8.43. The van der Waals surface area contributed by atoms with Gasteiger partial charge >= 0.3 is 5.69 Å². The van der Waals surface area contributed by atoms with E-state index >= 15 is 0 Å². The highest BCUT2D eigenvalue weighted by Gasteiger charge is 2.54. The van der Waals surface area contributed by atoms with E-state index in [0.29, 0.717) is 11.5 Å². The lowest BCUT2D eigenvalue weighted by atomic mass is 9.66. The van der Waals surface area contributed by atoms with Gasteiger partial charge in [0.05, 0.1) is 6.10 Å².